The van der Waals surface area contributed by atoms with Gasteiger partial charge in [-0.25, -0.2) is 0 Å². The Morgan fingerprint density at radius 2 is 1.75 bits per heavy atom. The van der Waals surface area contributed by atoms with Gasteiger partial charge >= 0.3 is 0 Å². The molecule has 2 bridgehead atoms. The van der Waals surface area contributed by atoms with Gasteiger partial charge in [-0.3, -0.25) is 4.79 Å². The van der Waals surface area contributed by atoms with E-state index in [0.717, 1.165) is 12.0 Å². The van der Waals surface area contributed by atoms with Crippen LogP contribution in [0.5, 0.6) is 0 Å². The van der Waals surface area contributed by atoms with Crippen molar-refractivity contribution in [1.29, 1.82) is 0 Å². The zero-order valence-electron chi connectivity index (χ0n) is 21.1. The second-order valence-electron chi connectivity index (χ2n) is 13.2. The van der Waals surface area contributed by atoms with Crippen molar-refractivity contribution in [2.24, 2.45) is 34.0 Å². The largest absolute Gasteiger partial charge is 0.370 e. The Labute approximate surface area is 194 Å². The fraction of sp³-hybridized carbons (Fsp3) is 0.767. The van der Waals surface area contributed by atoms with E-state index in [1.165, 1.54) is 62.5 Å². The highest BCUT2D eigenvalue weighted by molar-refractivity contribution is 6.11. The van der Waals surface area contributed by atoms with Crippen LogP contribution in [0.25, 0.3) is 0 Å². The SMILES string of the molecule is CC(C)=C1CC=C([C@H]2CC[C@]3(C)[C@@H]2CC[C@@H]2C4=C(CC[C@]23C)C(C)(C)[C@@H]2CC[C@H]4O2)C1=O. The zero-order valence-corrected chi connectivity index (χ0v) is 21.1. The second-order valence-corrected chi connectivity index (χ2v) is 13.2. The van der Waals surface area contributed by atoms with E-state index in [1.807, 2.05) is 0 Å². The number of Topliss-reactive ketones (excluding diaryl/α,β-unsaturated/α-hetero) is 1. The smallest absolute Gasteiger partial charge is 0.185 e. The van der Waals surface area contributed by atoms with Crippen LogP contribution in [0.2, 0.25) is 0 Å². The van der Waals surface area contributed by atoms with Crippen LogP contribution >= 0.6 is 0 Å². The summed E-state index contributed by atoms with van der Waals surface area (Å²) in [6.45, 7) is 14.4. The average Bonchev–Trinajstić information content (AvgIpc) is 3.43. The third kappa shape index (κ3) is 2.49. The Hall–Kier alpha value is -1.15. The van der Waals surface area contributed by atoms with Crippen LogP contribution in [0, 0.1) is 34.0 Å². The Morgan fingerprint density at radius 3 is 2.47 bits per heavy atom. The molecule has 1 saturated heterocycles. The first-order valence-electron chi connectivity index (χ1n) is 13.4. The number of ketones is 1. The van der Waals surface area contributed by atoms with Crippen molar-refractivity contribution in [3.05, 3.63) is 33.9 Å². The first-order chi connectivity index (χ1) is 15.1. The lowest BCUT2D eigenvalue weighted by molar-refractivity contribution is -0.114. The molecule has 0 radical (unpaired) electrons. The molecule has 4 aliphatic carbocycles. The maximum absolute atomic E-state index is 13.3. The molecule has 2 heteroatoms. The average molecular weight is 435 g/mol. The van der Waals surface area contributed by atoms with Gasteiger partial charge < -0.3 is 4.74 Å². The van der Waals surface area contributed by atoms with Gasteiger partial charge in [-0.2, -0.15) is 0 Å². The van der Waals surface area contributed by atoms with E-state index in [1.54, 1.807) is 11.1 Å². The summed E-state index contributed by atoms with van der Waals surface area (Å²) in [4.78, 5) is 13.3. The van der Waals surface area contributed by atoms with Crippen molar-refractivity contribution < 1.29 is 9.53 Å². The van der Waals surface area contributed by atoms with E-state index in [-0.39, 0.29) is 5.41 Å². The van der Waals surface area contributed by atoms with Crippen LogP contribution in [-0.2, 0) is 9.53 Å². The van der Waals surface area contributed by atoms with Gasteiger partial charge in [0.25, 0.3) is 0 Å². The second kappa shape index (κ2) is 6.71. The lowest BCUT2D eigenvalue weighted by Crippen LogP contribution is -2.55. The number of carbonyl (C=O) groups excluding carboxylic acids is 1. The summed E-state index contributed by atoms with van der Waals surface area (Å²) in [5, 5.41) is 0. The first kappa shape index (κ1) is 21.4. The Kier molecular flexibility index (Phi) is 4.48. The molecule has 2 saturated carbocycles. The van der Waals surface area contributed by atoms with Crippen molar-refractivity contribution in [1.82, 2.24) is 0 Å². The number of fused-ring (bicyclic) bond motifs is 7. The molecule has 0 aromatic carbocycles. The molecule has 32 heavy (non-hydrogen) atoms. The van der Waals surface area contributed by atoms with Gasteiger partial charge in [-0.1, -0.05) is 44.9 Å². The molecule has 0 amide bonds. The molecule has 6 aliphatic rings. The van der Waals surface area contributed by atoms with E-state index < -0.39 is 0 Å². The zero-order chi connectivity index (χ0) is 22.6. The predicted molar refractivity (Wildman–Crippen MR) is 129 cm³/mol. The van der Waals surface area contributed by atoms with E-state index in [2.05, 4.69) is 47.6 Å². The summed E-state index contributed by atoms with van der Waals surface area (Å²) in [5.41, 5.74) is 7.83. The van der Waals surface area contributed by atoms with Gasteiger partial charge in [0, 0.05) is 11.0 Å². The van der Waals surface area contributed by atoms with Crippen LogP contribution in [0.3, 0.4) is 0 Å². The minimum atomic E-state index is 0.210. The molecule has 0 spiro atoms. The van der Waals surface area contributed by atoms with Gasteiger partial charge in [0.1, 0.15) is 0 Å². The van der Waals surface area contributed by atoms with Crippen LogP contribution in [0.4, 0.5) is 0 Å². The summed E-state index contributed by atoms with van der Waals surface area (Å²) in [6, 6.07) is 0. The molecule has 174 valence electrons. The third-order valence-electron chi connectivity index (χ3n) is 11.8. The van der Waals surface area contributed by atoms with Gasteiger partial charge in [-0.15, -0.1) is 0 Å². The highest BCUT2D eigenvalue weighted by Crippen LogP contribution is 2.72. The predicted octanol–water partition coefficient (Wildman–Crippen LogP) is 7.35. The minimum absolute atomic E-state index is 0.210. The van der Waals surface area contributed by atoms with Gasteiger partial charge in [0.15, 0.2) is 5.78 Å². The van der Waals surface area contributed by atoms with Crippen LogP contribution in [0.1, 0.15) is 99.3 Å². The molecular weight excluding hydrogens is 392 g/mol. The van der Waals surface area contributed by atoms with Crippen LogP contribution in [0.15, 0.2) is 33.9 Å². The monoisotopic (exact) mass is 434 g/mol. The van der Waals surface area contributed by atoms with Crippen molar-refractivity contribution in [3.8, 4) is 0 Å². The van der Waals surface area contributed by atoms with Crippen LogP contribution < -0.4 is 0 Å². The number of ether oxygens (including phenoxy) is 1. The van der Waals surface area contributed by atoms with E-state index in [9.17, 15) is 4.79 Å². The highest BCUT2D eigenvalue weighted by atomic mass is 16.5. The van der Waals surface area contributed by atoms with Gasteiger partial charge in [0.2, 0.25) is 0 Å². The summed E-state index contributed by atoms with van der Waals surface area (Å²) in [6.07, 6.45) is 14.1. The summed E-state index contributed by atoms with van der Waals surface area (Å²) < 4.78 is 6.65. The van der Waals surface area contributed by atoms with Gasteiger partial charge in [0.05, 0.1) is 12.2 Å². The molecule has 0 unspecified atom stereocenters. The lowest BCUT2D eigenvalue weighted by atomic mass is 9.43. The Morgan fingerprint density at radius 1 is 0.969 bits per heavy atom. The summed E-state index contributed by atoms with van der Waals surface area (Å²) in [5.74, 6) is 2.19. The number of rotatable bonds is 1. The third-order valence-corrected chi connectivity index (χ3v) is 11.8. The number of allylic oxidation sites excluding steroid dienone is 4. The molecule has 6 rings (SSSR count). The minimum Gasteiger partial charge on any atom is -0.370 e. The number of carbonyl (C=O) groups is 1. The normalized spacial score (nSPS) is 46.7. The van der Waals surface area contributed by atoms with Crippen molar-refractivity contribution >= 4 is 5.78 Å². The molecule has 0 aromatic heterocycles. The fourth-order valence-corrected chi connectivity index (χ4v) is 9.67. The van der Waals surface area contributed by atoms with E-state index in [4.69, 9.17) is 4.74 Å². The topological polar surface area (TPSA) is 26.3 Å². The van der Waals surface area contributed by atoms with Crippen LogP contribution in [-0.4, -0.2) is 18.0 Å². The fourth-order valence-electron chi connectivity index (χ4n) is 9.67. The lowest BCUT2D eigenvalue weighted by Gasteiger charge is -2.62. The molecule has 7 atom stereocenters. The molecule has 0 N–H and O–H groups in total. The molecule has 3 fully saturated rings. The molecule has 2 heterocycles. The summed E-state index contributed by atoms with van der Waals surface area (Å²) in [7, 11) is 0. The molecule has 0 aromatic rings. The van der Waals surface area contributed by atoms with Crippen molar-refractivity contribution in [3.63, 3.8) is 0 Å². The van der Waals surface area contributed by atoms with Crippen molar-refractivity contribution in [2.45, 2.75) is 112 Å². The highest BCUT2D eigenvalue weighted by Gasteiger charge is 2.65. The number of hydrogen-bond acceptors (Lipinski definition) is 2. The van der Waals surface area contributed by atoms with E-state index >= 15 is 0 Å². The van der Waals surface area contributed by atoms with Crippen molar-refractivity contribution in [2.75, 3.05) is 0 Å². The van der Waals surface area contributed by atoms with Gasteiger partial charge in [-0.05, 0) is 111 Å². The molecule has 2 nitrogen and oxygen atoms in total. The van der Waals surface area contributed by atoms with E-state index in [0.29, 0.717) is 46.6 Å². The quantitative estimate of drug-likeness (QED) is 0.318. The Bertz CT molecular complexity index is 973. The summed E-state index contributed by atoms with van der Waals surface area (Å²) >= 11 is 0. The standard InChI is InChI=1S/C30H42O2/c1-17(2)18-7-8-20(27(18)31)19-13-15-29(5)21(19)9-10-23-26-22(14-16-30(23,29)6)28(3,4)25-12-11-24(26)32-25/h8,19,21,23-25H,7,9-16H2,1-6H3/t19-,21-,23-,24-,25+,29-,30-/m1/s1. The first-order valence-corrected chi connectivity index (χ1v) is 13.4. The number of hydrogen-bond donors (Lipinski definition) is 0. The molecular formula is C30H42O2. The maximum atomic E-state index is 13.3. The maximum Gasteiger partial charge on any atom is 0.185 e. The Balaban J connectivity index is 1.36. The molecule has 2 aliphatic heterocycles.